The van der Waals surface area contributed by atoms with E-state index in [-0.39, 0.29) is 30.0 Å². The minimum absolute atomic E-state index is 0. The second-order valence-corrected chi connectivity index (χ2v) is 5.73. The highest BCUT2D eigenvalue weighted by atomic mass is 127. The van der Waals surface area contributed by atoms with E-state index >= 15 is 0 Å². The zero-order valence-corrected chi connectivity index (χ0v) is 16.5. The van der Waals surface area contributed by atoms with Gasteiger partial charge in [-0.05, 0) is 18.9 Å². The van der Waals surface area contributed by atoms with Crippen molar-refractivity contribution < 1.29 is 4.74 Å². The number of ether oxygens (including phenoxy) is 1. The summed E-state index contributed by atoms with van der Waals surface area (Å²) in [5.41, 5.74) is 8.52. The maximum atomic E-state index is 5.94. The molecular formula is C17H29IN4O. The van der Waals surface area contributed by atoms with E-state index in [2.05, 4.69) is 53.3 Å². The summed E-state index contributed by atoms with van der Waals surface area (Å²) < 4.78 is 5.47. The normalized spacial score (nSPS) is 17.4. The van der Waals surface area contributed by atoms with Crippen molar-refractivity contribution in [3.63, 3.8) is 0 Å². The third-order valence-corrected chi connectivity index (χ3v) is 3.90. The van der Waals surface area contributed by atoms with Crippen LogP contribution in [0.15, 0.2) is 29.3 Å². The maximum Gasteiger partial charge on any atom is 0.188 e. The first-order valence-corrected chi connectivity index (χ1v) is 8.13. The molecule has 1 aromatic carbocycles. The van der Waals surface area contributed by atoms with Crippen molar-refractivity contribution in [2.75, 3.05) is 39.4 Å². The van der Waals surface area contributed by atoms with E-state index in [0.717, 1.165) is 39.3 Å². The minimum atomic E-state index is 0. The van der Waals surface area contributed by atoms with Crippen LogP contribution >= 0.6 is 24.0 Å². The zero-order valence-electron chi connectivity index (χ0n) is 14.1. The Morgan fingerprint density at radius 1 is 1.39 bits per heavy atom. The average Bonchev–Trinajstić information content (AvgIpc) is 2.54. The maximum absolute atomic E-state index is 5.94. The summed E-state index contributed by atoms with van der Waals surface area (Å²) >= 11 is 0. The van der Waals surface area contributed by atoms with Crippen LogP contribution in [0.5, 0.6) is 0 Å². The van der Waals surface area contributed by atoms with Crippen LogP contribution in [0, 0.1) is 6.92 Å². The predicted molar refractivity (Wildman–Crippen MR) is 107 cm³/mol. The summed E-state index contributed by atoms with van der Waals surface area (Å²) in [4.78, 5) is 6.98. The van der Waals surface area contributed by atoms with Crippen LogP contribution in [0.4, 0.5) is 0 Å². The summed E-state index contributed by atoms with van der Waals surface area (Å²) in [5, 5.41) is 3.14. The molecule has 5 nitrogen and oxygen atoms in total. The van der Waals surface area contributed by atoms with Crippen LogP contribution in [0.25, 0.3) is 0 Å². The molecule has 0 bridgehead atoms. The molecule has 1 heterocycles. The number of rotatable bonds is 6. The van der Waals surface area contributed by atoms with Crippen LogP contribution in [-0.4, -0.2) is 50.3 Å². The van der Waals surface area contributed by atoms with Crippen LogP contribution in [-0.2, 0) is 4.74 Å². The molecule has 3 N–H and O–H groups in total. The summed E-state index contributed by atoms with van der Waals surface area (Å²) in [5.74, 6) is 0.535. The van der Waals surface area contributed by atoms with Crippen molar-refractivity contribution in [2.45, 2.75) is 26.3 Å². The molecule has 1 aliphatic heterocycles. The standard InChI is InChI=1S/C17H28N4O.HI/c1-3-7-19-17(18)20-13-16(21-8-10-22-11-9-21)15-6-4-5-14(2)12-15;/h4-6,12,16H,3,7-11,13H2,1-2H3,(H3,18,19,20);1H. The molecule has 6 heteroatoms. The molecule has 1 atom stereocenters. The lowest BCUT2D eigenvalue weighted by Gasteiger charge is -2.34. The molecule has 0 radical (unpaired) electrons. The number of nitrogens with two attached hydrogens (primary N) is 1. The first-order valence-electron chi connectivity index (χ1n) is 8.13. The summed E-state index contributed by atoms with van der Waals surface area (Å²) in [7, 11) is 0. The predicted octanol–water partition coefficient (Wildman–Crippen LogP) is 2.30. The molecule has 0 spiro atoms. The number of benzene rings is 1. The fourth-order valence-corrected chi connectivity index (χ4v) is 2.69. The Hall–Kier alpha value is -0.860. The van der Waals surface area contributed by atoms with Crippen molar-refractivity contribution in [3.05, 3.63) is 35.4 Å². The third-order valence-electron chi connectivity index (χ3n) is 3.90. The van der Waals surface area contributed by atoms with Crippen LogP contribution in [0.2, 0.25) is 0 Å². The van der Waals surface area contributed by atoms with Crippen molar-refractivity contribution in [1.82, 2.24) is 10.2 Å². The molecule has 0 amide bonds. The SMILES string of the molecule is CCCNC(N)=NCC(c1cccc(C)c1)N1CCOCC1.I. The van der Waals surface area contributed by atoms with Gasteiger partial charge in [0.2, 0.25) is 0 Å². The van der Waals surface area contributed by atoms with Crippen LogP contribution in [0.1, 0.15) is 30.5 Å². The summed E-state index contributed by atoms with van der Waals surface area (Å²) in [6.07, 6.45) is 1.04. The monoisotopic (exact) mass is 432 g/mol. The van der Waals surface area contributed by atoms with E-state index in [1.165, 1.54) is 11.1 Å². The number of aliphatic imine (C=N–C) groups is 1. The Bertz CT molecular complexity index is 489. The van der Waals surface area contributed by atoms with Gasteiger partial charge in [-0.3, -0.25) is 9.89 Å². The number of guanidine groups is 1. The first-order chi connectivity index (χ1) is 10.7. The van der Waals surface area contributed by atoms with Crippen molar-refractivity contribution in [1.29, 1.82) is 0 Å². The second-order valence-electron chi connectivity index (χ2n) is 5.73. The Balaban J connectivity index is 0.00000264. The number of halogens is 1. The molecule has 1 fully saturated rings. The molecule has 130 valence electrons. The fraction of sp³-hybridized carbons (Fsp3) is 0.588. The highest BCUT2D eigenvalue weighted by Gasteiger charge is 2.22. The van der Waals surface area contributed by atoms with E-state index in [1.54, 1.807) is 0 Å². The number of aryl methyl sites for hydroxylation is 1. The highest BCUT2D eigenvalue weighted by molar-refractivity contribution is 14.0. The minimum Gasteiger partial charge on any atom is -0.379 e. The van der Waals surface area contributed by atoms with Crippen LogP contribution < -0.4 is 11.1 Å². The second kappa shape index (κ2) is 10.8. The summed E-state index contributed by atoms with van der Waals surface area (Å²) in [6.45, 7) is 9.23. The topological polar surface area (TPSA) is 62.9 Å². The molecule has 0 aromatic heterocycles. The van der Waals surface area contributed by atoms with Gasteiger partial charge in [0.1, 0.15) is 0 Å². The van der Waals surface area contributed by atoms with Crippen molar-refractivity contribution in [2.24, 2.45) is 10.7 Å². The van der Waals surface area contributed by atoms with E-state index in [1.807, 2.05) is 0 Å². The van der Waals surface area contributed by atoms with Crippen molar-refractivity contribution in [3.8, 4) is 0 Å². The Labute approximate surface area is 156 Å². The van der Waals surface area contributed by atoms with Crippen molar-refractivity contribution >= 4 is 29.9 Å². The van der Waals surface area contributed by atoms with E-state index in [4.69, 9.17) is 10.5 Å². The molecule has 23 heavy (non-hydrogen) atoms. The molecular weight excluding hydrogens is 403 g/mol. The quantitative estimate of drug-likeness (QED) is 0.412. The third kappa shape index (κ3) is 6.64. The average molecular weight is 432 g/mol. The number of hydrogen-bond acceptors (Lipinski definition) is 3. The zero-order chi connectivity index (χ0) is 15.8. The van der Waals surface area contributed by atoms with Gasteiger partial charge in [0.05, 0.1) is 25.8 Å². The highest BCUT2D eigenvalue weighted by Crippen LogP contribution is 2.23. The molecule has 1 aromatic rings. The molecule has 2 rings (SSSR count). The Morgan fingerprint density at radius 2 is 2.13 bits per heavy atom. The fourth-order valence-electron chi connectivity index (χ4n) is 2.69. The van der Waals surface area contributed by atoms with Gasteiger partial charge >= 0.3 is 0 Å². The Kier molecular flexibility index (Phi) is 9.50. The molecule has 1 saturated heterocycles. The number of hydrogen-bond donors (Lipinski definition) is 2. The van der Waals surface area contributed by atoms with Gasteiger partial charge in [-0.25, -0.2) is 0 Å². The van der Waals surface area contributed by atoms with Gasteiger partial charge in [-0.2, -0.15) is 0 Å². The number of morpholine rings is 1. The van der Waals surface area contributed by atoms with Gasteiger partial charge in [-0.1, -0.05) is 36.8 Å². The lowest BCUT2D eigenvalue weighted by atomic mass is 10.0. The number of nitrogens with zero attached hydrogens (tertiary/aromatic N) is 2. The molecule has 0 aliphatic carbocycles. The largest absolute Gasteiger partial charge is 0.379 e. The summed E-state index contributed by atoms with van der Waals surface area (Å²) in [6, 6.07) is 8.91. The lowest BCUT2D eigenvalue weighted by molar-refractivity contribution is 0.0180. The van der Waals surface area contributed by atoms with E-state index < -0.39 is 0 Å². The first kappa shape index (κ1) is 20.2. The van der Waals surface area contributed by atoms with Gasteiger partial charge < -0.3 is 15.8 Å². The molecule has 1 aliphatic rings. The molecule has 0 saturated carbocycles. The van der Waals surface area contributed by atoms with E-state index in [9.17, 15) is 0 Å². The van der Waals surface area contributed by atoms with Crippen LogP contribution in [0.3, 0.4) is 0 Å². The lowest BCUT2D eigenvalue weighted by Crippen LogP contribution is -2.41. The van der Waals surface area contributed by atoms with Gasteiger partial charge in [-0.15, -0.1) is 24.0 Å². The van der Waals surface area contributed by atoms with Gasteiger partial charge in [0.15, 0.2) is 5.96 Å². The van der Waals surface area contributed by atoms with Gasteiger partial charge in [0, 0.05) is 19.6 Å². The Morgan fingerprint density at radius 3 is 2.78 bits per heavy atom. The molecule has 1 unspecified atom stereocenters. The van der Waals surface area contributed by atoms with Gasteiger partial charge in [0.25, 0.3) is 0 Å². The smallest absolute Gasteiger partial charge is 0.188 e. The van der Waals surface area contributed by atoms with E-state index in [0.29, 0.717) is 12.5 Å². The number of nitrogens with one attached hydrogen (secondary N) is 1.